The maximum absolute atomic E-state index is 15.1. The minimum absolute atomic E-state index is 0.0137. The van der Waals surface area contributed by atoms with Crippen molar-refractivity contribution < 1.29 is 14.2 Å². The average Bonchev–Trinajstić information content (AvgIpc) is 2.85. The van der Waals surface area contributed by atoms with Gasteiger partial charge < -0.3 is 14.7 Å². The van der Waals surface area contributed by atoms with Crippen LogP contribution >= 0.6 is 11.6 Å². The molecule has 0 bridgehead atoms. The van der Waals surface area contributed by atoms with Crippen LogP contribution in [0.3, 0.4) is 0 Å². The minimum Gasteiger partial charge on any atom is -0.380 e. The van der Waals surface area contributed by atoms with Gasteiger partial charge >= 0.3 is 0 Å². The molecule has 1 fully saturated rings. The lowest BCUT2D eigenvalue weighted by atomic mass is 10.00. The number of ether oxygens (including phenoxy) is 1. The molecule has 1 unspecified atom stereocenters. The third-order valence-electron chi connectivity index (χ3n) is 5.98. The molecule has 1 atom stereocenters. The standard InChI is InChI=1S/C24H21ClFN5O3/c1-30-21(32)4-5-27-24(30)23(33)16-11-17(19(26)12-18(16)25)22-15-3-2-14(10-20(15)28-13-29-22)31-6-8-34-9-7-31/h2-5,10-13,23,33H,6-9H2,1H3. The van der Waals surface area contributed by atoms with Crippen LogP contribution in [0.4, 0.5) is 10.1 Å². The van der Waals surface area contributed by atoms with Gasteiger partial charge in [0.2, 0.25) is 0 Å². The van der Waals surface area contributed by atoms with Gasteiger partial charge in [-0.3, -0.25) is 9.36 Å². The number of rotatable bonds is 4. The van der Waals surface area contributed by atoms with Crippen LogP contribution in [0.5, 0.6) is 0 Å². The van der Waals surface area contributed by atoms with E-state index in [2.05, 4.69) is 19.9 Å². The van der Waals surface area contributed by atoms with Gasteiger partial charge in [0.1, 0.15) is 24.1 Å². The summed E-state index contributed by atoms with van der Waals surface area (Å²) >= 11 is 6.29. The first kappa shape index (κ1) is 22.4. The fourth-order valence-corrected chi connectivity index (χ4v) is 4.37. The first-order chi connectivity index (χ1) is 16.4. The Labute approximate surface area is 199 Å². The SMILES string of the molecule is Cn1c(C(O)c2cc(-c3ncnc4cc(N5CCOCC5)ccc34)c(F)cc2Cl)nccc1=O. The van der Waals surface area contributed by atoms with E-state index in [0.29, 0.717) is 29.8 Å². The summed E-state index contributed by atoms with van der Waals surface area (Å²) in [4.78, 5) is 27.0. The fourth-order valence-electron chi connectivity index (χ4n) is 4.12. The van der Waals surface area contributed by atoms with Crippen LogP contribution in [0.25, 0.3) is 22.2 Å². The smallest absolute Gasteiger partial charge is 0.253 e. The average molecular weight is 482 g/mol. The topological polar surface area (TPSA) is 93.4 Å². The molecule has 1 aliphatic heterocycles. The van der Waals surface area contributed by atoms with Crippen LogP contribution in [0, 0.1) is 5.82 Å². The van der Waals surface area contributed by atoms with Crippen molar-refractivity contribution in [2.24, 2.45) is 7.05 Å². The highest BCUT2D eigenvalue weighted by Gasteiger charge is 2.23. The molecule has 2 aromatic carbocycles. The van der Waals surface area contributed by atoms with Gasteiger partial charge in [-0.2, -0.15) is 0 Å². The summed E-state index contributed by atoms with van der Waals surface area (Å²) in [6, 6.07) is 9.62. The van der Waals surface area contributed by atoms with Crippen molar-refractivity contribution in [3.8, 4) is 11.3 Å². The van der Waals surface area contributed by atoms with Gasteiger partial charge in [0.15, 0.2) is 0 Å². The maximum atomic E-state index is 15.1. The van der Waals surface area contributed by atoms with E-state index in [1.165, 1.54) is 36.3 Å². The predicted octanol–water partition coefficient (Wildman–Crippen LogP) is 3.10. The summed E-state index contributed by atoms with van der Waals surface area (Å²) in [5.74, 6) is -0.497. The number of halogens is 2. The Hall–Kier alpha value is -3.40. The van der Waals surface area contributed by atoms with E-state index < -0.39 is 11.9 Å². The van der Waals surface area contributed by atoms with Gasteiger partial charge in [0.05, 0.1) is 24.4 Å². The molecule has 0 radical (unpaired) electrons. The second-order valence-electron chi connectivity index (χ2n) is 7.98. The number of fused-ring (bicyclic) bond motifs is 1. The van der Waals surface area contributed by atoms with Crippen molar-refractivity contribution in [2.45, 2.75) is 6.10 Å². The molecule has 0 saturated carbocycles. The summed E-state index contributed by atoms with van der Waals surface area (Å²) < 4.78 is 21.7. The zero-order valence-electron chi connectivity index (χ0n) is 18.3. The van der Waals surface area contributed by atoms with Crippen molar-refractivity contribution >= 4 is 28.2 Å². The molecule has 34 heavy (non-hydrogen) atoms. The van der Waals surface area contributed by atoms with E-state index in [0.717, 1.165) is 24.8 Å². The fraction of sp³-hybridized carbons (Fsp3) is 0.250. The van der Waals surface area contributed by atoms with Crippen molar-refractivity contribution in [2.75, 3.05) is 31.2 Å². The van der Waals surface area contributed by atoms with Crippen molar-refractivity contribution in [3.63, 3.8) is 0 Å². The normalized spacial score (nSPS) is 15.0. The molecule has 2 aromatic heterocycles. The molecule has 10 heteroatoms. The maximum Gasteiger partial charge on any atom is 0.253 e. The Morgan fingerprint density at radius 2 is 1.91 bits per heavy atom. The molecule has 0 aliphatic carbocycles. The molecule has 1 N–H and O–H groups in total. The number of morpholine rings is 1. The molecular weight excluding hydrogens is 461 g/mol. The number of benzene rings is 2. The second kappa shape index (κ2) is 9.09. The monoisotopic (exact) mass is 481 g/mol. The van der Waals surface area contributed by atoms with Crippen molar-refractivity contribution in [3.05, 3.63) is 81.5 Å². The van der Waals surface area contributed by atoms with Gasteiger partial charge in [0.25, 0.3) is 5.56 Å². The lowest BCUT2D eigenvalue weighted by molar-refractivity contribution is 0.122. The van der Waals surface area contributed by atoms with Crippen LogP contribution in [-0.2, 0) is 11.8 Å². The third kappa shape index (κ3) is 4.02. The molecule has 4 aromatic rings. The van der Waals surface area contributed by atoms with Crippen LogP contribution < -0.4 is 10.5 Å². The van der Waals surface area contributed by atoms with Gasteiger partial charge in [-0.15, -0.1) is 0 Å². The van der Waals surface area contributed by atoms with Gasteiger partial charge in [-0.05, 0) is 30.3 Å². The largest absolute Gasteiger partial charge is 0.380 e. The lowest BCUT2D eigenvalue weighted by Crippen LogP contribution is -2.36. The number of nitrogens with zero attached hydrogens (tertiary/aromatic N) is 5. The van der Waals surface area contributed by atoms with Crippen LogP contribution in [0.1, 0.15) is 17.5 Å². The van der Waals surface area contributed by atoms with Crippen molar-refractivity contribution in [1.82, 2.24) is 19.5 Å². The van der Waals surface area contributed by atoms with E-state index in [-0.39, 0.29) is 27.5 Å². The molecule has 3 heterocycles. The lowest BCUT2D eigenvalue weighted by Gasteiger charge is -2.29. The number of anilines is 1. The molecular formula is C24H21ClFN5O3. The quantitative estimate of drug-likeness (QED) is 0.478. The summed E-state index contributed by atoms with van der Waals surface area (Å²) in [5.41, 5.74) is 2.08. The molecule has 8 nitrogen and oxygen atoms in total. The molecule has 1 saturated heterocycles. The predicted molar refractivity (Wildman–Crippen MR) is 127 cm³/mol. The van der Waals surface area contributed by atoms with E-state index in [4.69, 9.17) is 16.3 Å². The minimum atomic E-state index is -1.34. The molecule has 0 spiro atoms. The molecule has 174 valence electrons. The Bertz CT molecular complexity index is 1440. The number of hydrogen-bond acceptors (Lipinski definition) is 7. The number of aliphatic hydroxyl groups excluding tert-OH is 1. The van der Waals surface area contributed by atoms with Crippen LogP contribution in [0.15, 0.2) is 53.7 Å². The van der Waals surface area contributed by atoms with Crippen LogP contribution in [-0.4, -0.2) is 50.9 Å². The molecule has 5 rings (SSSR count). The van der Waals surface area contributed by atoms with Gasteiger partial charge in [0, 0.05) is 59.6 Å². The summed E-state index contributed by atoms with van der Waals surface area (Å²) in [7, 11) is 1.50. The summed E-state index contributed by atoms with van der Waals surface area (Å²) in [5, 5.41) is 11.6. The first-order valence-electron chi connectivity index (χ1n) is 10.7. The van der Waals surface area contributed by atoms with Gasteiger partial charge in [-0.25, -0.2) is 19.3 Å². The zero-order chi connectivity index (χ0) is 23.8. The van der Waals surface area contributed by atoms with E-state index in [1.54, 1.807) is 0 Å². The number of aliphatic hydroxyl groups is 1. The van der Waals surface area contributed by atoms with E-state index in [1.807, 2.05) is 18.2 Å². The highest BCUT2D eigenvalue weighted by Crippen LogP contribution is 2.36. The van der Waals surface area contributed by atoms with Crippen LogP contribution in [0.2, 0.25) is 5.02 Å². The van der Waals surface area contributed by atoms with Gasteiger partial charge in [-0.1, -0.05) is 11.6 Å². The number of hydrogen-bond donors (Lipinski definition) is 1. The van der Waals surface area contributed by atoms with E-state index >= 15 is 4.39 Å². The highest BCUT2D eigenvalue weighted by atomic mass is 35.5. The molecule has 1 aliphatic rings. The highest BCUT2D eigenvalue weighted by molar-refractivity contribution is 6.31. The zero-order valence-corrected chi connectivity index (χ0v) is 19.0. The Morgan fingerprint density at radius 1 is 1.12 bits per heavy atom. The second-order valence-corrected chi connectivity index (χ2v) is 8.39. The Balaban J connectivity index is 1.60. The summed E-state index contributed by atoms with van der Waals surface area (Å²) in [6.07, 6.45) is 1.35. The van der Waals surface area contributed by atoms with E-state index in [9.17, 15) is 9.90 Å². The summed E-state index contributed by atoms with van der Waals surface area (Å²) in [6.45, 7) is 2.89. The third-order valence-corrected chi connectivity index (χ3v) is 6.30. The molecule has 0 amide bonds. The number of aromatic nitrogens is 4. The Morgan fingerprint density at radius 3 is 2.71 bits per heavy atom. The Kier molecular flexibility index (Phi) is 5.99. The first-order valence-corrected chi connectivity index (χ1v) is 11.1. The van der Waals surface area contributed by atoms with Crippen molar-refractivity contribution in [1.29, 1.82) is 0 Å².